The zero-order valence-electron chi connectivity index (χ0n) is 8.68. The lowest BCUT2D eigenvalue weighted by molar-refractivity contribution is -0.996. The molecule has 2 unspecified atom stereocenters. The first-order valence-corrected chi connectivity index (χ1v) is 4.23. The summed E-state index contributed by atoms with van der Waals surface area (Å²) in [5, 5.41) is 36.8. The van der Waals surface area contributed by atoms with Crippen molar-refractivity contribution in [1.82, 2.24) is 0 Å². The van der Waals surface area contributed by atoms with Crippen LogP contribution in [0.4, 0.5) is 11.4 Å². The molecule has 0 spiro atoms. The molecule has 2 atom stereocenters. The molecule has 4 N–H and O–H groups in total. The fourth-order valence-electron chi connectivity index (χ4n) is 1.25. The molecule has 0 radical (unpaired) electrons. The van der Waals surface area contributed by atoms with Crippen LogP contribution in [0.5, 0.6) is 11.5 Å². The Labute approximate surface area is 90.9 Å². The van der Waals surface area contributed by atoms with Crippen LogP contribution < -0.4 is 19.9 Å². The molecule has 0 saturated carbocycles. The highest BCUT2D eigenvalue weighted by Crippen LogP contribution is 2.34. The van der Waals surface area contributed by atoms with E-state index < -0.39 is 10.5 Å². The van der Waals surface area contributed by atoms with E-state index in [4.69, 9.17) is 19.9 Å². The fourth-order valence-corrected chi connectivity index (χ4v) is 1.25. The van der Waals surface area contributed by atoms with Gasteiger partial charge in [-0.05, 0) is 0 Å². The zero-order chi connectivity index (χ0) is 12.3. The van der Waals surface area contributed by atoms with Gasteiger partial charge in [0.05, 0.1) is 20.3 Å². The molecule has 8 heteroatoms. The molecule has 90 valence electrons. The van der Waals surface area contributed by atoms with E-state index in [0.717, 1.165) is 6.07 Å². The molecule has 16 heavy (non-hydrogen) atoms. The van der Waals surface area contributed by atoms with Crippen LogP contribution in [0.25, 0.3) is 0 Å². The average Bonchev–Trinajstić information content (AvgIpc) is 2.26. The zero-order valence-corrected chi connectivity index (χ0v) is 8.68. The summed E-state index contributed by atoms with van der Waals surface area (Å²) >= 11 is 0. The first kappa shape index (κ1) is 12.6. The molecule has 8 nitrogen and oxygen atoms in total. The summed E-state index contributed by atoms with van der Waals surface area (Å²) in [6.45, 7) is 0. The quantitative estimate of drug-likeness (QED) is 0.470. The predicted octanol–water partition coefficient (Wildman–Crippen LogP) is -1.49. The molecule has 1 aromatic carbocycles. The van der Waals surface area contributed by atoms with Gasteiger partial charge in [0.2, 0.25) is 11.4 Å². The van der Waals surface area contributed by atoms with Gasteiger partial charge in [-0.25, -0.2) is 10.4 Å². The van der Waals surface area contributed by atoms with Gasteiger partial charge < -0.3 is 19.9 Å². The number of rotatable bonds is 4. The van der Waals surface area contributed by atoms with Gasteiger partial charge in [0, 0.05) is 6.07 Å². The van der Waals surface area contributed by atoms with Gasteiger partial charge >= 0.3 is 0 Å². The van der Waals surface area contributed by atoms with Crippen molar-refractivity contribution in [3.05, 3.63) is 22.5 Å². The van der Waals surface area contributed by atoms with Gasteiger partial charge in [-0.15, -0.1) is 0 Å². The van der Waals surface area contributed by atoms with E-state index in [-0.39, 0.29) is 22.9 Å². The minimum atomic E-state index is -1.28. The smallest absolute Gasteiger partial charge is 0.226 e. The number of ether oxygens (including phenoxy) is 2. The minimum Gasteiger partial charge on any atom is -0.595 e. The summed E-state index contributed by atoms with van der Waals surface area (Å²) in [7, 11) is 2.58. The molecule has 0 aliphatic rings. The lowest BCUT2D eigenvalue weighted by Gasteiger charge is -2.19. The van der Waals surface area contributed by atoms with E-state index in [1.165, 1.54) is 20.3 Å². The van der Waals surface area contributed by atoms with Crippen LogP contribution in [0.2, 0.25) is 0 Å². The second-order valence-corrected chi connectivity index (χ2v) is 2.87. The highest BCUT2D eigenvalue weighted by atomic mass is 16.8. The Morgan fingerprint density at radius 2 is 1.69 bits per heavy atom. The second kappa shape index (κ2) is 5.07. The lowest BCUT2D eigenvalue weighted by atomic mass is 10.2. The van der Waals surface area contributed by atoms with E-state index in [0.29, 0.717) is 0 Å². The van der Waals surface area contributed by atoms with Crippen molar-refractivity contribution in [3.8, 4) is 11.5 Å². The maximum absolute atomic E-state index is 10.9. The summed E-state index contributed by atoms with van der Waals surface area (Å²) in [6, 6.07) is 2.22. The number of hydrogen-bond donors (Lipinski definition) is 4. The third-order valence-electron chi connectivity index (χ3n) is 1.96. The fraction of sp³-hybridized carbons (Fsp3) is 0.250. The number of quaternary nitrogens is 2. The van der Waals surface area contributed by atoms with Crippen molar-refractivity contribution in [2.75, 3.05) is 14.2 Å². The van der Waals surface area contributed by atoms with Crippen molar-refractivity contribution in [3.63, 3.8) is 0 Å². The molecule has 0 saturated heterocycles. The Kier molecular flexibility index (Phi) is 4.01. The van der Waals surface area contributed by atoms with Crippen molar-refractivity contribution < 1.29 is 30.3 Å². The molecule has 0 amide bonds. The van der Waals surface area contributed by atoms with Crippen molar-refractivity contribution in [2.45, 2.75) is 0 Å². The molecule has 1 rings (SSSR count). The largest absolute Gasteiger partial charge is 0.595 e. The first-order valence-electron chi connectivity index (χ1n) is 4.23. The van der Waals surface area contributed by atoms with E-state index in [9.17, 15) is 10.4 Å². The SMILES string of the molecule is COc1cc([NH+]([O-])O)cc([NH+]([O-])O)c1OC. The van der Waals surface area contributed by atoms with Crippen LogP contribution in [0.15, 0.2) is 12.1 Å². The summed E-state index contributed by atoms with van der Waals surface area (Å²) in [5.74, 6) is 0.0693. The van der Waals surface area contributed by atoms with E-state index in [2.05, 4.69) is 0 Å². The Morgan fingerprint density at radius 1 is 1.06 bits per heavy atom. The van der Waals surface area contributed by atoms with Crippen LogP contribution in [0, 0.1) is 10.4 Å². The number of hydrogen-bond acceptors (Lipinski definition) is 6. The normalized spacial score (nSPS) is 14.4. The Balaban J connectivity index is 3.37. The number of methoxy groups -OCH3 is 2. The van der Waals surface area contributed by atoms with Gasteiger partial charge in [-0.3, -0.25) is 0 Å². The molecule has 0 aromatic heterocycles. The molecule has 0 heterocycles. The minimum absolute atomic E-state index is 0.000000000000000444. The maximum atomic E-state index is 10.9. The van der Waals surface area contributed by atoms with E-state index in [1.807, 2.05) is 0 Å². The molecule has 0 fully saturated rings. The van der Waals surface area contributed by atoms with E-state index in [1.54, 1.807) is 0 Å². The Morgan fingerprint density at radius 3 is 2.06 bits per heavy atom. The number of benzene rings is 1. The van der Waals surface area contributed by atoms with Crippen LogP contribution in [0.1, 0.15) is 0 Å². The average molecular weight is 232 g/mol. The Hall–Kier alpha value is -1.42. The highest BCUT2D eigenvalue weighted by molar-refractivity contribution is 5.61. The third kappa shape index (κ3) is 2.39. The molecular weight excluding hydrogens is 220 g/mol. The van der Waals surface area contributed by atoms with Gasteiger partial charge in [0.1, 0.15) is 0 Å². The van der Waals surface area contributed by atoms with Crippen molar-refractivity contribution in [2.24, 2.45) is 0 Å². The molecule has 1 aromatic rings. The van der Waals surface area contributed by atoms with Gasteiger partial charge in [0.25, 0.3) is 0 Å². The predicted molar refractivity (Wildman–Crippen MR) is 51.1 cm³/mol. The van der Waals surface area contributed by atoms with Gasteiger partial charge in [0.15, 0.2) is 11.4 Å². The van der Waals surface area contributed by atoms with Gasteiger partial charge in [-0.1, -0.05) is 0 Å². The number of nitrogens with one attached hydrogen (secondary N) is 2. The first-order chi connectivity index (χ1) is 7.51. The standard InChI is InChI=1S/C8H12N2O6/c1-15-7-4-5(9(11)12)3-6(10(13)14)8(7)16-2/h3-4,9-11,13H,1-2H3. The van der Waals surface area contributed by atoms with Gasteiger partial charge in [-0.2, -0.15) is 10.5 Å². The molecule has 0 bridgehead atoms. The summed E-state index contributed by atoms with van der Waals surface area (Å²) in [5.41, 5.74) is -0.422. The van der Waals surface area contributed by atoms with Crippen molar-refractivity contribution >= 4 is 11.4 Å². The lowest BCUT2D eigenvalue weighted by Crippen LogP contribution is -3.00. The third-order valence-corrected chi connectivity index (χ3v) is 1.96. The van der Waals surface area contributed by atoms with Crippen LogP contribution in [-0.4, -0.2) is 24.6 Å². The summed E-state index contributed by atoms with van der Waals surface area (Å²) < 4.78 is 9.73. The van der Waals surface area contributed by atoms with Crippen LogP contribution in [0.3, 0.4) is 0 Å². The highest BCUT2D eigenvalue weighted by Gasteiger charge is 2.20. The van der Waals surface area contributed by atoms with Crippen molar-refractivity contribution in [1.29, 1.82) is 0 Å². The maximum Gasteiger partial charge on any atom is 0.226 e. The van der Waals surface area contributed by atoms with E-state index >= 15 is 0 Å². The monoisotopic (exact) mass is 232 g/mol. The molecule has 0 aliphatic carbocycles. The summed E-state index contributed by atoms with van der Waals surface area (Å²) in [4.78, 5) is 0. The molecular formula is C8H12N2O6. The topological polar surface area (TPSA) is 114 Å². The van der Waals surface area contributed by atoms with Crippen LogP contribution in [-0.2, 0) is 0 Å². The summed E-state index contributed by atoms with van der Waals surface area (Å²) in [6.07, 6.45) is 0. The Bertz CT molecular complexity index is 368. The van der Waals surface area contributed by atoms with Crippen LogP contribution >= 0.6 is 0 Å². The second-order valence-electron chi connectivity index (χ2n) is 2.87. The molecule has 0 aliphatic heterocycles.